The van der Waals surface area contributed by atoms with E-state index in [2.05, 4.69) is 190 Å². The van der Waals surface area contributed by atoms with E-state index >= 15 is 0 Å². The maximum absolute atomic E-state index is 5.40. The summed E-state index contributed by atoms with van der Waals surface area (Å²) in [6.45, 7) is 4.67. The smallest absolute Gasteiger partial charge is 0.160 e. The molecule has 0 unspecified atom stereocenters. The van der Waals surface area contributed by atoms with E-state index in [1.54, 1.807) is 0 Å². The predicted octanol–water partition coefficient (Wildman–Crippen LogP) is 15.0. The van der Waals surface area contributed by atoms with Crippen molar-refractivity contribution in [2.75, 3.05) is 0 Å². The van der Waals surface area contributed by atoms with Crippen LogP contribution in [-0.2, 0) is 5.41 Å². The van der Waals surface area contributed by atoms with Gasteiger partial charge in [0.05, 0.1) is 22.6 Å². The highest BCUT2D eigenvalue weighted by Crippen LogP contribution is 2.50. The molecular weight excluding hydrogens is 739 g/mol. The first-order chi connectivity index (χ1) is 30.0. The lowest BCUT2D eigenvalue weighted by Gasteiger charge is -2.22. The van der Waals surface area contributed by atoms with Gasteiger partial charge in [0.15, 0.2) is 5.82 Å². The van der Waals surface area contributed by atoms with Gasteiger partial charge in [0.1, 0.15) is 0 Å². The number of nitrogens with zero attached hydrogens (tertiary/aromatic N) is 3. The number of rotatable bonds is 7. The van der Waals surface area contributed by atoms with Crippen LogP contribution < -0.4 is 0 Å². The number of pyridine rings is 1. The Bertz CT molecular complexity index is 3170. The van der Waals surface area contributed by atoms with Gasteiger partial charge >= 0.3 is 0 Å². The Morgan fingerprint density at radius 3 is 1.43 bits per heavy atom. The van der Waals surface area contributed by atoms with E-state index < -0.39 is 0 Å². The van der Waals surface area contributed by atoms with Crippen LogP contribution in [0.4, 0.5) is 0 Å². The van der Waals surface area contributed by atoms with Gasteiger partial charge in [0, 0.05) is 33.1 Å². The van der Waals surface area contributed by atoms with Gasteiger partial charge in [-0.25, -0.2) is 15.0 Å². The highest BCUT2D eigenvalue weighted by Gasteiger charge is 2.35. The molecule has 1 aliphatic carbocycles. The van der Waals surface area contributed by atoms with Gasteiger partial charge in [-0.1, -0.05) is 196 Å². The minimum Gasteiger partial charge on any atom is -0.248 e. The van der Waals surface area contributed by atoms with Crippen molar-refractivity contribution in [3.63, 3.8) is 0 Å². The summed E-state index contributed by atoms with van der Waals surface area (Å²) < 4.78 is 0. The summed E-state index contributed by atoms with van der Waals surface area (Å²) in [6.07, 6.45) is 0. The normalized spacial score (nSPS) is 12.6. The second-order valence-corrected chi connectivity index (χ2v) is 16.4. The summed E-state index contributed by atoms with van der Waals surface area (Å²) >= 11 is 0. The fraction of sp³-hybridized carbons (Fsp3) is 0.0517. The zero-order valence-electron chi connectivity index (χ0n) is 34.0. The number of aromatic nitrogens is 3. The highest BCUT2D eigenvalue weighted by atomic mass is 14.9. The average molecular weight is 780 g/mol. The van der Waals surface area contributed by atoms with Crippen molar-refractivity contribution in [2.24, 2.45) is 0 Å². The van der Waals surface area contributed by atoms with Crippen LogP contribution in [0.3, 0.4) is 0 Å². The molecule has 0 radical (unpaired) electrons. The molecule has 0 atom stereocenters. The molecule has 0 N–H and O–H groups in total. The van der Waals surface area contributed by atoms with Gasteiger partial charge < -0.3 is 0 Å². The molecule has 0 aliphatic heterocycles. The van der Waals surface area contributed by atoms with Crippen molar-refractivity contribution in [3.05, 3.63) is 223 Å². The molecule has 3 nitrogen and oxygen atoms in total. The number of fused-ring (bicyclic) bond motifs is 4. The lowest BCUT2D eigenvalue weighted by Crippen LogP contribution is -2.14. The minimum absolute atomic E-state index is 0.127. The Labute approximate surface area is 356 Å². The van der Waals surface area contributed by atoms with E-state index in [0.29, 0.717) is 5.82 Å². The lowest BCUT2D eigenvalue weighted by atomic mass is 9.82. The minimum atomic E-state index is -0.127. The summed E-state index contributed by atoms with van der Waals surface area (Å²) in [5, 5.41) is 1.15. The molecular formula is C58H41N3. The topological polar surface area (TPSA) is 38.7 Å². The van der Waals surface area contributed by atoms with Crippen LogP contribution in [0.1, 0.15) is 25.0 Å². The molecule has 0 bridgehead atoms. The molecule has 0 saturated carbocycles. The Morgan fingerprint density at radius 2 is 0.770 bits per heavy atom. The Kier molecular flexibility index (Phi) is 8.82. The molecule has 11 rings (SSSR count). The summed E-state index contributed by atoms with van der Waals surface area (Å²) in [7, 11) is 0. The van der Waals surface area contributed by atoms with Gasteiger partial charge in [0.25, 0.3) is 0 Å². The van der Waals surface area contributed by atoms with E-state index in [9.17, 15) is 0 Å². The molecule has 0 spiro atoms. The second-order valence-electron chi connectivity index (χ2n) is 16.4. The van der Waals surface area contributed by atoms with Gasteiger partial charge in [-0.05, 0) is 86.0 Å². The van der Waals surface area contributed by atoms with Crippen LogP contribution in [0.2, 0.25) is 0 Å². The molecule has 0 amide bonds. The fourth-order valence-corrected chi connectivity index (χ4v) is 9.04. The van der Waals surface area contributed by atoms with Crippen molar-refractivity contribution in [1.29, 1.82) is 0 Å². The molecule has 3 heteroatoms. The molecule has 2 heterocycles. The quantitative estimate of drug-likeness (QED) is 0.162. The molecule has 8 aromatic carbocycles. The van der Waals surface area contributed by atoms with Crippen molar-refractivity contribution < 1.29 is 0 Å². The number of hydrogen-bond donors (Lipinski definition) is 0. The molecule has 10 aromatic rings. The maximum atomic E-state index is 5.40. The molecule has 2 aromatic heterocycles. The second kappa shape index (κ2) is 14.8. The van der Waals surface area contributed by atoms with Crippen molar-refractivity contribution in [2.45, 2.75) is 19.3 Å². The van der Waals surface area contributed by atoms with Crippen LogP contribution in [-0.4, -0.2) is 15.0 Å². The summed E-state index contributed by atoms with van der Waals surface area (Å²) in [4.78, 5) is 15.5. The third kappa shape index (κ3) is 6.61. The lowest BCUT2D eigenvalue weighted by molar-refractivity contribution is 0.661. The van der Waals surface area contributed by atoms with Gasteiger partial charge in [-0.3, -0.25) is 0 Å². The third-order valence-corrected chi connectivity index (χ3v) is 12.3. The van der Waals surface area contributed by atoms with E-state index in [1.807, 2.05) is 36.4 Å². The van der Waals surface area contributed by atoms with Crippen molar-refractivity contribution in [3.8, 4) is 89.7 Å². The van der Waals surface area contributed by atoms with Gasteiger partial charge in [-0.2, -0.15) is 0 Å². The van der Waals surface area contributed by atoms with Crippen LogP contribution in [0.15, 0.2) is 212 Å². The molecule has 0 fully saturated rings. The summed E-state index contributed by atoms with van der Waals surface area (Å²) in [5.74, 6) is 0.699. The van der Waals surface area contributed by atoms with E-state index in [1.165, 1.54) is 33.4 Å². The molecule has 61 heavy (non-hydrogen) atoms. The van der Waals surface area contributed by atoms with Gasteiger partial charge in [-0.15, -0.1) is 0 Å². The Balaban J connectivity index is 1.01. The van der Waals surface area contributed by atoms with Gasteiger partial charge in [0.2, 0.25) is 0 Å². The largest absolute Gasteiger partial charge is 0.248 e. The van der Waals surface area contributed by atoms with Crippen molar-refractivity contribution in [1.82, 2.24) is 15.0 Å². The SMILES string of the molecule is CC1(C)c2ccccc2-c2cc3c(-c4cccc(-c5ccc(-c6nc(-c7ccccc7)cc(-c7ccccc7)n6)cc5)c4)cc(-c4ccc(-c5ccccc5)cc4)nc3cc21. The van der Waals surface area contributed by atoms with Crippen LogP contribution >= 0.6 is 0 Å². The monoisotopic (exact) mass is 779 g/mol. The van der Waals surface area contributed by atoms with Crippen LogP contribution in [0.25, 0.3) is 101 Å². The van der Waals surface area contributed by atoms with Crippen LogP contribution in [0.5, 0.6) is 0 Å². The third-order valence-electron chi connectivity index (χ3n) is 12.3. The van der Waals surface area contributed by atoms with Crippen molar-refractivity contribution >= 4 is 10.9 Å². The first-order valence-corrected chi connectivity index (χ1v) is 20.9. The van der Waals surface area contributed by atoms with E-state index in [0.717, 1.165) is 72.5 Å². The first kappa shape index (κ1) is 36.3. The Hall–Kier alpha value is -7.75. The molecule has 288 valence electrons. The Morgan fingerprint density at radius 1 is 0.295 bits per heavy atom. The number of hydrogen-bond acceptors (Lipinski definition) is 3. The maximum Gasteiger partial charge on any atom is 0.160 e. The fourth-order valence-electron chi connectivity index (χ4n) is 9.04. The molecule has 1 aliphatic rings. The van der Waals surface area contributed by atoms with E-state index in [4.69, 9.17) is 15.0 Å². The summed E-state index contributed by atoms with van der Waals surface area (Å²) in [6, 6.07) is 75.5. The molecule has 0 saturated heterocycles. The average Bonchev–Trinajstić information content (AvgIpc) is 3.56. The standard InChI is InChI=1S/C58H41N3/c1-58(2)51-24-13-12-23-47(51)49-34-50-48(35-53(59-56(50)36-52(49)58)43-29-25-39(26-30-43)38-15-6-3-7-16-38)46-22-14-21-45(33-46)40-27-31-44(32-28-40)57-60-54(41-17-8-4-9-18-41)37-55(61-57)42-19-10-5-11-20-42/h3-37H,1-2H3. The summed E-state index contributed by atoms with van der Waals surface area (Å²) in [5.41, 5.74) is 20.0. The predicted molar refractivity (Wildman–Crippen MR) is 253 cm³/mol. The zero-order chi connectivity index (χ0) is 40.9. The highest BCUT2D eigenvalue weighted by molar-refractivity contribution is 6.02. The van der Waals surface area contributed by atoms with Crippen LogP contribution in [0, 0.1) is 0 Å². The first-order valence-electron chi connectivity index (χ1n) is 20.9. The zero-order valence-corrected chi connectivity index (χ0v) is 34.0. The van der Waals surface area contributed by atoms with E-state index in [-0.39, 0.29) is 5.41 Å². The number of benzene rings is 8.